The number of hydrogen-bond acceptors (Lipinski definition) is 2. The summed E-state index contributed by atoms with van der Waals surface area (Å²) < 4.78 is 5.19. The zero-order chi connectivity index (χ0) is 13.2. The normalized spacial score (nSPS) is 9.22. The van der Waals surface area contributed by atoms with Crippen LogP contribution >= 0.6 is 0 Å². The molecule has 2 aromatic carbocycles. The lowest BCUT2D eigenvalue weighted by Gasteiger charge is -2.08. The van der Waals surface area contributed by atoms with E-state index in [0.717, 1.165) is 6.29 Å². The second-order valence-corrected chi connectivity index (χ2v) is 3.69. The maximum atomic E-state index is 8.81. The van der Waals surface area contributed by atoms with Crippen LogP contribution in [0.3, 0.4) is 0 Å². The average molecular weight is 242 g/mol. The van der Waals surface area contributed by atoms with Crippen molar-refractivity contribution in [1.29, 1.82) is 0 Å². The Labute approximate surface area is 108 Å². The van der Waals surface area contributed by atoms with Gasteiger partial charge in [0.2, 0.25) is 0 Å². The fourth-order valence-corrected chi connectivity index (χ4v) is 1.70. The van der Waals surface area contributed by atoms with E-state index in [-0.39, 0.29) is 0 Å². The van der Waals surface area contributed by atoms with E-state index in [0.29, 0.717) is 6.61 Å². The van der Waals surface area contributed by atoms with Gasteiger partial charge in [-0.2, -0.15) is 0 Å². The van der Waals surface area contributed by atoms with Gasteiger partial charge in [0.25, 0.3) is 0 Å². The van der Waals surface area contributed by atoms with Crippen molar-refractivity contribution < 1.29 is 9.53 Å². The fraction of sp³-hybridized carbons (Fsp3) is 0.188. The van der Waals surface area contributed by atoms with E-state index >= 15 is 0 Å². The molecule has 0 atom stereocenters. The number of carbonyl (C=O) groups excluding carboxylic acids is 1. The van der Waals surface area contributed by atoms with Crippen LogP contribution in [0, 0.1) is 0 Å². The first-order valence-electron chi connectivity index (χ1n) is 5.85. The SMILES string of the molecule is CC=O.COCc1ccccc1-c1ccccc1. The first-order valence-corrected chi connectivity index (χ1v) is 5.85. The lowest BCUT2D eigenvalue weighted by atomic mass is 10.0. The van der Waals surface area contributed by atoms with Crippen molar-refractivity contribution in [2.45, 2.75) is 13.5 Å². The summed E-state index contributed by atoms with van der Waals surface area (Å²) in [6.07, 6.45) is 0.750. The molecule has 0 unspecified atom stereocenters. The Bertz CT molecular complexity index is 464. The molecule has 0 saturated carbocycles. The Morgan fingerprint density at radius 1 is 1.00 bits per heavy atom. The van der Waals surface area contributed by atoms with Crippen LogP contribution < -0.4 is 0 Å². The van der Waals surface area contributed by atoms with Crippen LogP contribution in [0.25, 0.3) is 11.1 Å². The van der Waals surface area contributed by atoms with Gasteiger partial charge in [0.15, 0.2) is 0 Å². The molecular weight excluding hydrogens is 224 g/mol. The van der Waals surface area contributed by atoms with Crippen LogP contribution in [0.4, 0.5) is 0 Å². The van der Waals surface area contributed by atoms with Crippen LogP contribution in [0.5, 0.6) is 0 Å². The fourth-order valence-electron chi connectivity index (χ4n) is 1.70. The Hall–Kier alpha value is -1.93. The summed E-state index contributed by atoms with van der Waals surface area (Å²) in [5.41, 5.74) is 3.72. The van der Waals surface area contributed by atoms with Gasteiger partial charge in [-0.05, 0) is 23.6 Å². The maximum absolute atomic E-state index is 8.81. The highest BCUT2D eigenvalue weighted by Crippen LogP contribution is 2.23. The van der Waals surface area contributed by atoms with E-state index in [4.69, 9.17) is 9.53 Å². The predicted octanol–water partition coefficient (Wildman–Crippen LogP) is 3.71. The molecule has 2 heteroatoms. The molecule has 0 aliphatic heterocycles. The van der Waals surface area contributed by atoms with Gasteiger partial charge in [-0.1, -0.05) is 54.6 Å². The lowest BCUT2D eigenvalue weighted by molar-refractivity contribution is -0.106. The van der Waals surface area contributed by atoms with Gasteiger partial charge in [0, 0.05) is 7.11 Å². The molecule has 2 nitrogen and oxygen atoms in total. The van der Waals surface area contributed by atoms with Crippen molar-refractivity contribution >= 4 is 6.29 Å². The number of hydrogen-bond donors (Lipinski definition) is 0. The molecule has 0 heterocycles. The molecule has 0 N–H and O–H groups in total. The van der Waals surface area contributed by atoms with Crippen molar-refractivity contribution in [3.05, 3.63) is 60.2 Å². The summed E-state index contributed by atoms with van der Waals surface area (Å²) in [5, 5.41) is 0. The van der Waals surface area contributed by atoms with Gasteiger partial charge in [0.05, 0.1) is 6.61 Å². The molecule has 18 heavy (non-hydrogen) atoms. The topological polar surface area (TPSA) is 26.3 Å². The Balaban J connectivity index is 0.000000492. The summed E-state index contributed by atoms with van der Waals surface area (Å²) in [4.78, 5) is 8.81. The van der Waals surface area contributed by atoms with Crippen LogP contribution in [0.1, 0.15) is 12.5 Å². The first-order chi connectivity index (χ1) is 8.83. The number of methoxy groups -OCH3 is 1. The molecule has 2 rings (SSSR count). The number of carbonyl (C=O) groups is 1. The van der Waals surface area contributed by atoms with Crippen molar-refractivity contribution in [3.8, 4) is 11.1 Å². The number of aldehydes is 1. The molecule has 0 saturated heterocycles. The average Bonchev–Trinajstić information content (AvgIpc) is 2.42. The highest BCUT2D eigenvalue weighted by Gasteiger charge is 2.02. The Morgan fingerprint density at radius 2 is 1.56 bits per heavy atom. The number of rotatable bonds is 3. The standard InChI is InChI=1S/C14H14O.C2H4O/c1-15-11-13-9-5-6-10-14(13)12-7-3-2-4-8-12;1-2-3/h2-10H,11H2,1H3;2H,1H3. The molecule has 0 aliphatic rings. The van der Waals surface area contributed by atoms with Crippen molar-refractivity contribution in [3.63, 3.8) is 0 Å². The second kappa shape index (κ2) is 8.20. The van der Waals surface area contributed by atoms with Gasteiger partial charge >= 0.3 is 0 Å². The zero-order valence-electron chi connectivity index (χ0n) is 10.8. The van der Waals surface area contributed by atoms with E-state index in [1.165, 1.54) is 23.6 Å². The third-order valence-electron chi connectivity index (χ3n) is 2.40. The van der Waals surface area contributed by atoms with Crippen molar-refractivity contribution in [2.24, 2.45) is 0 Å². The molecule has 0 amide bonds. The van der Waals surface area contributed by atoms with Crippen LogP contribution in [-0.4, -0.2) is 13.4 Å². The van der Waals surface area contributed by atoms with E-state index < -0.39 is 0 Å². The van der Waals surface area contributed by atoms with E-state index in [1.807, 2.05) is 12.1 Å². The summed E-state index contributed by atoms with van der Waals surface area (Å²) >= 11 is 0. The Kier molecular flexibility index (Phi) is 6.44. The van der Waals surface area contributed by atoms with Gasteiger partial charge in [-0.15, -0.1) is 0 Å². The number of benzene rings is 2. The lowest BCUT2D eigenvalue weighted by Crippen LogP contribution is -1.91. The van der Waals surface area contributed by atoms with E-state index in [2.05, 4.69) is 42.5 Å². The quantitative estimate of drug-likeness (QED) is 0.767. The second-order valence-electron chi connectivity index (χ2n) is 3.69. The summed E-state index contributed by atoms with van der Waals surface area (Å²) in [6, 6.07) is 18.7. The number of ether oxygens (including phenoxy) is 1. The van der Waals surface area contributed by atoms with Gasteiger partial charge in [-0.3, -0.25) is 0 Å². The van der Waals surface area contributed by atoms with E-state index in [1.54, 1.807) is 7.11 Å². The van der Waals surface area contributed by atoms with Crippen LogP contribution in [0.2, 0.25) is 0 Å². The van der Waals surface area contributed by atoms with E-state index in [9.17, 15) is 0 Å². The molecule has 0 radical (unpaired) electrons. The van der Waals surface area contributed by atoms with Gasteiger partial charge in [0.1, 0.15) is 6.29 Å². The highest BCUT2D eigenvalue weighted by atomic mass is 16.5. The molecular formula is C16H18O2. The monoisotopic (exact) mass is 242 g/mol. The Morgan fingerprint density at radius 3 is 2.17 bits per heavy atom. The smallest absolute Gasteiger partial charge is 0.116 e. The largest absolute Gasteiger partial charge is 0.380 e. The molecule has 94 valence electrons. The van der Waals surface area contributed by atoms with Crippen LogP contribution in [0.15, 0.2) is 54.6 Å². The molecule has 0 aromatic heterocycles. The van der Waals surface area contributed by atoms with Gasteiger partial charge < -0.3 is 9.53 Å². The van der Waals surface area contributed by atoms with Crippen LogP contribution in [-0.2, 0) is 16.1 Å². The zero-order valence-corrected chi connectivity index (χ0v) is 10.8. The summed E-state index contributed by atoms with van der Waals surface area (Å²) in [6.45, 7) is 2.10. The van der Waals surface area contributed by atoms with Crippen molar-refractivity contribution in [1.82, 2.24) is 0 Å². The molecule has 2 aromatic rings. The van der Waals surface area contributed by atoms with Crippen molar-refractivity contribution in [2.75, 3.05) is 7.11 Å². The molecule has 0 aliphatic carbocycles. The molecule has 0 bridgehead atoms. The minimum absolute atomic E-state index is 0.658. The minimum atomic E-state index is 0.658. The minimum Gasteiger partial charge on any atom is -0.380 e. The summed E-state index contributed by atoms with van der Waals surface area (Å²) in [7, 11) is 1.72. The highest BCUT2D eigenvalue weighted by molar-refractivity contribution is 5.66. The predicted molar refractivity (Wildman–Crippen MR) is 74.3 cm³/mol. The molecule has 0 spiro atoms. The first kappa shape index (κ1) is 14.1. The molecule has 0 fully saturated rings. The maximum Gasteiger partial charge on any atom is 0.116 e. The third-order valence-corrected chi connectivity index (χ3v) is 2.40. The third kappa shape index (κ3) is 4.15. The van der Waals surface area contributed by atoms with Gasteiger partial charge in [-0.25, -0.2) is 0 Å². The summed E-state index contributed by atoms with van der Waals surface area (Å²) in [5.74, 6) is 0.